The Morgan fingerprint density at radius 1 is 1.10 bits per heavy atom. The molecule has 10 heteroatoms. The molecule has 0 aliphatic carbocycles. The van der Waals surface area contributed by atoms with E-state index < -0.39 is 23.5 Å². The van der Waals surface area contributed by atoms with Gasteiger partial charge in [-0.3, -0.25) is 9.20 Å². The van der Waals surface area contributed by atoms with Crippen LogP contribution in [-0.4, -0.2) is 15.3 Å². The summed E-state index contributed by atoms with van der Waals surface area (Å²) in [6.07, 6.45) is -3.19. The van der Waals surface area contributed by atoms with Gasteiger partial charge in [-0.05, 0) is 49.4 Å². The van der Waals surface area contributed by atoms with Gasteiger partial charge in [0.2, 0.25) is 0 Å². The van der Waals surface area contributed by atoms with E-state index >= 15 is 0 Å². The zero-order chi connectivity index (χ0) is 21.6. The summed E-state index contributed by atoms with van der Waals surface area (Å²) in [6.45, 7) is 1.67. The predicted octanol–water partition coefficient (Wildman–Crippen LogP) is 5.92. The Morgan fingerprint density at radius 2 is 1.80 bits per heavy atom. The highest BCUT2D eigenvalue weighted by molar-refractivity contribution is 7.19. The first kappa shape index (κ1) is 20.0. The van der Waals surface area contributed by atoms with E-state index in [1.165, 1.54) is 12.1 Å². The first-order valence-electron chi connectivity index (χ1n) is 8.56. The standard InChI is InChI=1S/C20H12F5N3OS/c1-10-17(18(29)26-13-6-7-15(22)14(8-13)20(23,24)25)30-19-27-16(9-28(10)19)11-2-4-12(21)5-3-11/h2-9H,1H3,(H,26,29). The molecule has 154 valence electrons. The van der Waals surface area contributed by atoms with Gasteiger partial charge in [-0.15, -0.1) is 0 Å². The maximum Gasteiger partial charge on any atom is 0.419 e. The van der Waals surface area contributed by atoms with Crippen molar-refractivity contribution in [3.8, 4) is 11.3 Å². The number of hydrogen-bond donors (Lipinski definition) is 1. The number of nitrogens with zero attached hydrogens (tertiary/aromatic N) is 2. The second-order valence-corrected chi connectivity index (χ2v) is 7.43. The SMILES string of the molecule is Cc1c(C(=O)Nc2ccc(F)c(C(F)(F)F)c2)sc2nc(-c3ccc(F)cc3)cn12. The number of nitrogens with one attached hydrogen (secondary N) is 1. The molecular formula is C20H12F5N3OS. The first-order valence-corrected chi connectivity index (χ1v) is 9.37. The van der Waals surface area contributed by atoms with Gasteiger partial charge < -0.3 is 5.32 Å². The van der Waals surface area contributed by atoms with Crippen molar-refractivity contribution in [1.29, 1.82) is 0 Å². The number of alkyl halides is 3. The van der Waals surface area contributed by atoms with Gasteiger partial charge in [0, 0.05) is 23.1 Å². The van der Waals surface area contributed by atoms with Crippen molar-refractivity contribution in [2.75, 3.05) is 5.32 Å². The van der Waals surface area contributed by atoms with Gasteiger partial charge in [0.05, 0.1) is 11.3 Å². The van der Waals surface area contributed by atoms with Crippen molar-refractivity contribution >= 4 is 27.9 Å². The van der Waals surface area contributed by atoms with Crippen molar-refractivity contribution < 1.29 is 26.7 Å². The number of carbonyl (C=O) groups is 1. The fourth-order valence-corrected chi connectivity index (χ4v) is 3.93. The van der Waals surface area contributed by atoms with Crippen LogP contribution in [0.3, 0.4) is 0 Å². The van der Waals surface area contributed by atoms with Crippen LogP contribution in [0.15, 0.2) is 48.7 Å². The molecule has 0 saturated heterocycles. The summed E-state index contributed by atoms with van der Waals surface area (Å²) in [5.41, 5.74) is 0.188. The molecule has 0 radical (unpaired) electrons. The lowest BCUT2D eigenvalue weighted by molar-refractivity contribution is -0.139. The third kappa shape index (κ3) is 3.65. The van der Waals surface area contributed by atoms with Crippen molar-refractivity contribution in [2.24, 2.45) is 0 Å². The minimum Gasteiger partial charge on any atom is -0.321 e. The van der Waals surface area contributed by atoms with Crippen LogP contribution < -0.4 is 5.32 Å². The third-order valence-electron chi connectivity index (χ3n) is 4.43. The molecule has 0 aliphatic heterocycles. The summed E-state index contributed by atoms with van der Waals surface area (Å²) < 4.78 is 66.8. The van der Waals surface area contributed by atoms with E-state index in [1.54, 1.807) is 29.7 Å². The number of halogens is 5. The number of amides is 1. The van der Waals surface area contributed by atoms with Crippen LogP contribution in [0.2, 0.25) is 0 Å². The molecule has 30 heavy (non-hydrogen) atoms. The zero-order valence-corrected chi connectivity index (χ0v) is 16.0. The fourth-order valence-electron chi connectivity index (χ4n) is 2.93. The Kier molecular flexibility index (Phi) is 4.81. The fraction of sp³-hybridized carbons (Fsp3) is 0.100. The quantitative estimate of drug-likeness (QED) is 0.405. The van der Waals surface area contributed by atoms with E-state index in [2.05, 4.69) is 10.3 Å². The van der Waals surface area contributed by atoms with E-state index in [0.717, 1.165) is 17.4 Å². The number of benzene rings is 2. The minimum absolute atomic E-state index is 0.175. The molecule has 1 N–H and O–H groups in total. The van der Waals surface area contributed by atoms with Crippen molar-refractivity contribution in [3.05, 3.63) is 76.4 Å². The second-order valence-electron chi connectivity index (χ2n) is 6.45. The maximum absolute atomic E-state index is 13.4. The average molecular weight is 437 g/mol. The minimum atomic E-state index is -4.87. The highest BCUT2D eigenvalue weighted by Gasteiger charge is 2.34. The summed E-state index contributed by atoms with van der Waals surface area (Å²) in [7, 11) is 0. The van der Waals surface area contributed by atoms with Gasteiger partial charge in [-0.1, -0.05) is 11.3 Å². The highest BCUT2D eigenvalue weighted by Crippen LogP contribution is 2.33. The van der Waals surface area contributed by atoms with Gasteiger partial charge >= 0.3 is 6.18 Å². The molecule has 0 aliphatic rings. The molecule has 4 nitrogen and oxygen atoms in total. The molecule has 0 atom stereocenters. The summed E-state index contributed by atoms with van der Waals surface area (Å²) in [5, 5.41) is 2.36. The molecule has 0 unspecified atom stereocenters. The number of anilines is 1. The van der Waals surface area contributed by atoms with Gasteiger partial charge in [-0.25, -0.2) is 13.8 Å². The Morgan fingerprint density at radius 3 is 2.43 bits per heavy atom. The number of hydrogen-bond acceptors (Lipinski definition) is 3. The molecule has 1 amide bonds. The molecule has 0 saturated carbocycles. The van der Waals surface area contributed by atoms with Gasteiger partial charge in [-0.2, -0.15) is 13.2 Å². The van der Waals surface area contributed by atoms with Crippen molar-refractivity contribution in [1.82, 2.24) is 9.38 Å². The summed E-state index contributed by atoms with van der Waals surface area (Å²) in [5.74, 6) is -2.42. The number of thiazole rings is 1. The van der Waals surface area contributed by atoms with Crippen LogP contribution in [-0.2, 0) is 6.18 Å². The molecule has 4 rings (SSSR count). The summed E-state index contributed by atoms with van der Waals surface area (Å²) in [6, 6.07) is 8.05. The Bertz CT molecular complexity index is 1260. The number of rotatable bonds is 3. The maximum atomic E-state index is 13.4. The predicted molar refractivity (Wildman–Crippen MR) is 103 cm³/mol. The molecule has 0 fully saturated rings. The Balaban J connectivity index is 1.62. The van der Waals surface area contributed by atoms with Crippen LogP contribution in [0, 0.1) is 18.6 Å². The normalized spacial score (nSPS) is 11.8. The zero-order valence-electron chi connectivity index (χ0n) is 15.2. The smallest absolute Gasteiger partial charge is 0.321 e. The lowest BCUT2D eigenvalue weighted by atomic mass is 10.1. The number of imidazole rings is 1. The molecule has 2 heterocycles. The van der Waals surface area contributed by atoms with E-state index in [9.17, 15) is 26.7 Å². The molecule has 0 bridgehead atoms. The van der Waals surface area contributed by atoms with Gasteiger partial charge in [0.1, 0.15) is 16.5 Å². The monoisotopic (exact) mass is 437 g/mol. The number of carbonyl (C=O) groups excluding carboxylic acids is 1. The van der Waals surface area contributed by atoms with E-state index in [4.69, 9.17) is 0 Å². The Labute approximate surface area is 170 Å². The average Bonchev–Trinajstić information content (AvgIpc) is 3.22. The molecular weight excluding hydrogens is 425 g/mol. The topological polar surface area (TPSA) is 46.4 Å². The van der Waals surface area contributed by atoms with Gasteiger partial charge in [0.15, 0.2) is 4.96 Å². The largest absolute Gasteiger partial charge is 0.419 e. The van der Waals surface area contributed by atoms with E-state index in [-0.39, 0.29) is 16.4 Å². The number of aromatic nitrogens is 2. The number of aryl methyl sites for hydroxylation is 1. The lowest BCUT2D eigenvalue weighted by Gasteiger charge is -2.10. The van der Waals surface area contributed by atoms with Crippen LogP contribution in [0.4, 0.5) is 27.6 Å². The van der Waals surface area contributed by atoms with Gasteiger partial charge in [0.25, 0.3) is 5.91 Å². The summed E-state index contributed by atoms with van der Waals surface area (Å²) in [4.78, 5) is 17.7. The molecule has 0 spiro atoms. The van der Waals surface area contributed by atoms with Crippen LogP contribution in [0.5, 0.6) is 0 Å². The van der Waals surface area contributed by atoms with Crippen molar-refractivity contribution in [2.45, 2.75) is 13.1 Å². The highest BCUT2D eigenvalue weighted by atomic mass is 32.1. The van der Waals surface area contributed by atoms with E-state index in [1.807, 2.05) is 0 Å². The molecule has 4 aromatic rings. The molecule has 2 aromatic carbocycles. The molecule has 2 aromatic heterocycles. The first-order chi connectivity index (χ1) is 14.1. The lowest BCUT2D eigenvalue weighted by Crippen LogP contribution is -2.14. The van der Waals surface area contributed by atoms with Crippen LogP contribution >= 0.6 is 11.3 Å². The third-order valence-corrected chi connectivity index (χ3v) is 5.59. The summed E-state index contributed by atoms with van der Waals surface area (Å²) >= 11 is 1.05. The van der Waals surface area contributed by atoms with Crippen LogP contribution in [0.25, 0.3) is 16.2 Å². The number of fused-ring (bicyclic) bond motifs is 1. The Hall–Kier alpha value is -3.27. The van der Waals surface area contributed by atoms with E-state index in [0.29, 0.717) is 34.0 Å². The van der Waals surface area contributed by atoms with Crippen molar-refractivity contribution in [3.63, 3.8) is 0 Å². The second kappa shape index (κ2) is 7.21. The van der Waals surface area contributed by atoms with Crippen LogP contribution in [0.1, 0.15) is 20.9 Å².